The molecule has 1 aliphatic heterocycles. The average molecular weight is 561 g/mol. The van der Waals surface area contributed by atoms with E-state index in [1.165, 1.54) is 30.3 Å². The molecule has 39 heavy (non-hydrogen) atoms. The van der Waals surface area contributed by atoms with E-state index in [1.54, 1.807) is 29.4 Å². The van der Waals surface area contributed by atoms with Crippen molar-refractivity contribution >= 4 is 33.5 Å². The quantitative estimate of drug-likeness (QED) is 0.274. The third-order valence-corrected chi connectivity index (χ3v) is 7.56. The van der Waals surface area contributed by atoms with E-state index in [0.717, 1.165) is 6.07 Å². The number of carboxylic acids is 1. The lowest BCUT2D eigenvalue weighted by Crippen LogP contribution is -2.49. The van der Waals surface area contributed by atoms with Gasteiger partial charge in [-0.3, -0.25) is 9.59 Å². The number of carbonyl (C=O) groups excluding carboxylic acids is 1. The zero-order valence-electron chi connectivity index (χ0n) is 20.5. The number of rotatable bonds is 10. The van der Waals surface area contributed by atoms with Crippen LogP contribution in [0.3, 0.4) is 0 Å². The highest BCUT2D eigenvalue weighted by atomic mass is 32.2. The first-order chi connectivity index (χ1) is 18.6. The van der Waals surface area contributed by atoms with E-state index in [-0.39, 0.29) is 16.6 Å². The Balaban J connectivity index is 1.43. The second-order valence-electron chi connectivity index (χ2n) is 8.80. The molecule has 4 N–H and O–H groups in total. The van der Waals surface area contributed by atoms with E-state index in [0.29, 0.717) is 31.9 Å². The lowest BCUT2D eigenvalue weighted by Gasteiger charge is -2.34. The molecule has 0 saturated carbocycles. The molecule has 2 aromatic carbocycles. The molecule has 1 fully saturated rings. The molecule has 0 radical (unpaired) electrons. The predicted octanol–water partition coefficient (Wildman–Crippen LogP) is 2.34. The Kier molecular flexibility index (Phi) is 8.66. The van der Waals surface area contributed by atoms with Crippen LogP contribution in [0.25, 0.3) is 0 Å². The topological polar surface area (TPSA) is 154 Å². The van der Waals surface area contributed by atoms with Crippen molar-refractivity contribution in [2.75, 3.05) is 23.3 Å². The number of hydrogen-bond acceptors (Lipinski definition) is 8. The van der Waals surface area contributed by atoms with Crippen LogP contribution < -0.4 is 20.3 Å². The number of carbonyl (C=O) groups is 2. The van der Waals surface area contributed by atoms with Crippen LogP contribution in [-0.4, -0.2) is 60.7 Å². The highest BCUT2D eigenvalue weighted by molar-refractivity contribution is 7.89. The molecule has 11 nitrogen and oxygen atoms in total. The lowest BCUT2D eigenvalue weighted by atomic mass is 10.0. The number of sulfonamides is 1. The van der Waals surface area contributed by atoms with Gasteiger partial charge in [-0.05, 0) is 43.2 Å². The third-order valence-electron chi connectivity index (χ3n) is 6.08. The number of hydrogen-bond donors (Lipinski definition) is 4. The van der Waals surface area contributed by atoms with Gasteiger partial charge in [0.2, 0.25) is 16.0 Å². The zero-order valence-corrected chi connectivity index (χ0v) is 21.4. The van der Waals surface area contributed by atoms with E-state index in [4.69, 9.17) is 0 Å². The van der Waals surface area contributed by atoms with Gasteiger partial charge in [0.15, 0.2) is 11.6 Å². The number of nitrogens with one attached hydrogen (secondary N) is 3. The number of nitrogens with zero attached hydrogens (tertiary/aromatic N) is 3. The van der Waals surface area contributed by atoms with Gasteiger partial charge in [-0.15, -0.1) is 0 Å². The van der Waals surface area contributed by atoms with Crippen molar-refractivity contribution in [3.63, 3.8) is 0 Å². The fraction of sp³-hybridized carbons (Fsp3) is 0.280. The fourth-order valence-corrected chi connectivity index (χ4v) is 5.34. The number of piperidine rings is 1. The maximum Gasteiger partial charge on any atom is 0.306 e. The summed E-state index contributed by atoms with van der Waals surface area (Å²) in [4.78, 5) is 33.8. The van der Waals surface area contributed by atoms with Gasteiger partial charge < -0.3 is 20.6 Å². The van der Waals surface area contributed by atoms with Crippen LogP contribution >= 0.6 is 0 Å². The summed E-state index contributed by atoms with van der Waals surface area (Å²) in [6.07, 6.45) is 1.99. The highest BCUT2D eigenvalue weighted by Crippen LogP contribution is 2.27. The van der Waals surface area contributed by atoms with Crippen LogP contribution in [0.1, 0.15) is 29.6 Å². The largest absolute Gasteiger partial charge is 0.481 e. The minimum atomic E-state index is -4.21. The van der Waals surface area contributed by atoms with Gasteiger partial charge >= 0.3 is 5.97 Å². The fourth-order valence-electron chi connectivity index (χ4n) is 4.17. The van der Waals surface area contributed by atoms with Gasteiger partial charge in [0.05, 0.1) is 22.6 Å². The molecule has 0 spiro atoms. The standard InChI is InChI=1S/C25H26F2N6O5S/c26-22-18(24(36)31-20(15-21(34)35)32-39(37,38)17-5-2-1-3-6-17)7-8-19(23(22)27)33-13-9-16(10-14-33)30-25-28-11-4-12-29-25/h1-8,11-12,16,20,32H,9-10,13-15H2,(H,31,36)(H,34,35)(H,28,29,30). The molecule has 206 valence electrons. The van der Waals surface area contributed by atoms with E-state index >= 15 is 8.78 Å². The van der Waals surface area contributed by atoms with Crippen LogP contribution in [0.2, 0.25) is 0 Å². The van der Waals surface area contributed by atoms with Crippen LogP contribution in [-0.2, 0) is 14.8 Å². The van der Waals surface area contributed by atoms with E-state index in [2.05, 4.69) is 25.3 Å². The first-order valence-corrected chi connectivity index (χ1v) is 13.5. The van der Waals surface area contributed by atoms with Crippen molar-refractivity contribution in [1.82, 2.24) is 20.0 Å². The van der Waals surface area contributed by atoms with Crippen molar-refractivity contribution < 1.29 is 31.9 Å². The van der Waals surface area contributed by atoms with Gasteiger partial charge in [0.25, 0.3) is 5.91 Å². The number of anilines is 2. The predicted molar refractivity (Wildman–Crippen MR) is 138 cm³/mol. The second kappa shape index (κ2) is 12.1. The number of halogens is 2. The van der Waals surface area contributed by atoms with Crippen molar-refractivity contribution in [1.29, 1.82) is 0 Å². The highest BCUT2D eigenvalue weighted by Gasteiger charge is 2.28. The van der Waals surface area contributed by atoms with Gasteiger partial charge in [-0.2, -0.15) is 4.72 Å². The van der Waals surface area contributed by atoms with Crippen molar-refractivity contribution in [3.05, 3.63) is 78.1 Å². The normalized spacial score (nSPS) is 15.0. The van der Waals surface area contributed by atoms with Gasteiger partial charge in [-0.25, -0.2) is 27.2 Å². The number of aromatic nitrogens is 2. The van der Waals surface area contributed by atoms with E-state index < -0.39 is 51.7 Å². The molecule has 14 heteroatoms. The molecule has 0 bridgehead atoms. The summed E-state index contributed by atoms with van der Waals surface area (Å²) in [5, 5.41) is 14.5. The first-order valence-electron chi connectivity index (χ1n) is 12.0. The number of carboxylic acid groups (broad SMARTS) is 1. The molecule has 1 aliphatic rings. The SMILES string of the molecule is O=C(O)CC(NC(=O)c1ccc(N2CCC(Nc3ncccn3)CC2)c(F)c1F)NS(=O)(=O)c1ccccc1. The Bertz CT molecular complexity index is 1420. The molecule has 1 amide bonds. The Morgan fingerprint density at radius 2 is 1.67 bits per heavy atom. The third kappa shape index (κ3) is 7.03. The van der Waals surface area contributed by atoms with Crippen LogP contribution in [0.15, 0.2) is 65.8 Å². The smallest absolute Gasteiger partial charge is 0.306 e. The Labute approximate surface area is 223 Å². The van der Waals surface area contributed by atoms with Crippen molar-refractivity contribution in [2.24, 2.45) is 0 Å². The summed E-state index contributed by atoms with van der Waals surface area (Å²) >= 11 is 0. The molecule has 1 unspecified atom stereocenters. The van der Waals surface area contributed by atoms with E-state index in [1.807, 2.05) is 0 Å². The molecule has 1 atom stereocenters. The summed E-state index contributed by atoms with van der Waals surface area (Å²) in [6.45, 7) is 0.822. The molecule has 0 aliphatic carbocycles. The molecular weight excluding hydrogens is 534 g/mol. The summed E-state index contributed by atoms with van der Waals surface area (Å²) in [5.41, 5.74) is -0.714. The second-order valence-corrected chi connectivity index (χ2v) is 10.5. The molecular formula is C25H26F2N6O5S. The maximum absolute atomic E-state index is 15.1. The summed E-state index contributed by atoms with van der Waals surface area (Å²) in [7, 11) is -4.21. The number of amides is 1. The average Bonchev–Trinajstić information content (AvgIpc) is 2.91. The van der Waals surface area contributed by atoms with Crippen molar-refractivity contribution in [3.8, 4) is 0 Å². The summed E-state index contributed by atoms with van der Waals surface area (Å²) in [5.74, 6) is -4.78. The number of aliphatic carboxylic acids is 1. The lowest BCUT2D eigenvalue weighted by molar-refractivity contribution is -0.137. The van der Waals surface area contributed by atoms with Gasteiger partial charge in [0, 0.05) is 31.5 Å². The van der Waals surface area contributed by atoms with Crippen LogP contribution in [0.5, 0.6) is 0 Å². The van der Waals surface area contributed by atoms with Crippen molar-refractivity contribution in [2.45, 2.75) is 36.4 Å². The molecule has 3 aromatic rings. The van der Waals surface area contributed by atoms with Gasteiger partial charge in [-0.1, -0.05) is 18.2 Å². The Hall–Kier alpha value is -4.17. The van der Waals surface area contributed by atoms with Crippen LogP contribution in [0, 0.1) is 11.6 Å². The Morgan fingerprint density at radius 1 is 1.00 bits per heavy atom. The Morgan fingerprint density at radius 3 is 2.31 bits per heavy atom. The first kappa shape index (κ1) is 27.9. The molecule has 2 heterocycles. The zero-order chi connectivity index (χ0) is 28.0. The molecule has 1 aromatic heterocycles. The molecule has 1 saturated heterocycles. The minimum absolute atomic E-state index is 0.0228. The number of benzene rings is 2. The molecule has 4 rings (SSSR count). The maximum atomic E-state index is 15.1. The summed E-state index contributed by atoms with van der Waals surface area (Å²) < 4.78 is 57.3. The van der Waals surface area contributed by atoms with Crippen LogP contribution in [0.4, 0.5) is 20.4 Å². The van der Waals surface area contributed by atoms with Gasteiger partial charge in [0.1, 0.15) is 6.17 Å². The monoisotopic (exact) mass is 560 g/mol. The summed E-state index contributed by atoms with van der Waals surface area (Å²) in [6, 6.07) is 11.2. The van der Waals surface area contributed by atoms with E-state index in [9.17, 15) is 23.1 Å². The minimum Gasteiger partial charge on any atom is -0.481 e.